The van der Waals surface area contributed by atoms with Crippen LogP contribution < -0.4 is 0 Å². The van der Waals surface area contributed by atoms with Crippen molar-refractivity contribution in [2.24, 2.45) is 5.92 Å². The summed E-state index contributed by atoms with van der Waals surface area (Å²) >= 11 is 0. The van der Waals surface area contributed by atoms with Crippen molar-refractivity contribution < 1.29 is 0 Å². The normalized spacial score (nSPS) is 28.4. The molecule has 0 bridgehead atoms. The third-order valence-electron chi connectivity index (χ3n) is 4.41. The molecular weight excluding hydrogens is 182 g/mol. The van der Waals surface area contributed by atoms with Gasteiger partial charge in [-0.25, -0.2) is 0 Å². The van der Waals surface area contributed by atoms with Crippen LogP contribution in [0.25, 0.3) is 0 Å². The Morgan fingerprint density at radius 1 is 1.07 bits per heavy atom. The lowest BCUT2D eigenvalue weighted by atomic mass is 9.84. The van der Waals surface area contributed by atoms with Crippen molar-refractivity contribution in [2.75, 3.05) is 6.54 Å². The van der Waals surface area contributed by atoms with Crippen LogP contribution in [-0.4, -0.2) is 23.0 Å². The molecule has 1 saturated carbocycles. The number of nitrogens with zero attached hydrogens (tertiary/aromatic N) is 1. The van der Waals surface area contributed by atoms with Gasteiger partial charge in [-0.15, -0.1) is 0 Å². The summed E-state index contributed by atoms with van der Waals surface area (Å²) in [4.78, 5) is 2.74. The number of hydrogen-bond acceptors (Lipinski definition) is 1. The Morgan fingerprint density at radius 3 is 2.00 bits per heavy atom. The number of rotatable bonds is 4. The van der Waals surface area contributed by atoms with E-state index in [0.717, 1.165) is 12.0 Å². The highest BCUT2D eigenvalue weighted by Crippen LogP contribution is 2.31. The predicted octanol–water partition coefficient (Wildman–Crippen LogP) is 4.08. The molecule has 1 aliphatic rings. The average Bonchev–Trinajstić information content (AvgIpc) is 2.22. The van der Waals surface area contributed by atoms with E-state index in [0.29, 0.717) is 5.54 Å². The van der Waals surface area contributed by atoms with E-state index in [2.05, 4.69) is 39.5 Å². The second kappa shape index (κ2) is 5.34. The van der Waals surface area contributed by atoms with Crippen LogP contribution in [0.2, 0.25) is 0 Å². The van der Waals surface area contributed by atoms with E-state index in [1.165, 1.54) is 38.6 Å². The van der Waals surface area contributed by atoms with Gasteiger partial charge in [-0.05, 0) is 58.4 Å². The van der Waals surface area contributed by atoms with Crippen LogP contribution in [0.5, 0.6) is 0 Å². The zero-order valence-corrected chi connectivity index (χ0v) is 11.3. The topological polar surface area (TPSA) is 3.24 Å². The molecule has 90 valence electrons. The molecule has 0 aromatic heterocycles. The highest BCUT2D eigenvalue weighted by atomic mass is 15.2. The molecule has 1 heteroatoms. The molecule has 0 amide bonds. The van der Waals surface area contributed by atoms with E-state index in [4.69, 9.17) is 0 Å². The molecule has 0 saturated heterocycles. The summed E-state index contributed by atoms with van der Waals surface area (Å²) in [6.45, 7) is 13.0. The Balaban J connectivity index is 2.59. The molecule has 1 fully saturated rings. The Bertz CT molecular complexity index is 178. The van der Waals surface area contributed by atoms with Crippen LogP contribution >= 0.6 is 0 Å². The molecule has 1 nitrogen and oxygen atoms in total. The minimum Gasteiger partial charge on any atom is -0.296 e. The minimum atomic E-state index is 0.389. The summed E-state index contributed by atoms with van der Waals surface area (Å²) in [6.07, 6.45) is 6.95. The summed E-state index contributed by atoms with van der Waals surface area (Å²) in [5.74, 6) is 0.963. The molecular formula is C14H29N. The molecule has 0 heterocycles. The lowest BCUT2D eigenvalue weighted by Gasteiger charge is -2.45. The van der Waals surface area contributed by atoms with Gasteiger partial charge in [0.2, 0.25) is 0 Å². The van der Waals surface area contributed by atoms with E-state index >= 15 is 0 Å². The Hall–Kier alpha value is -0.0400. The standard InChI is InChI=1S/C14H29N/c1-6-14(4,5)15(7-2)13-10-8-12(3)9-11-13/h12-13H,6-11H2,1-5H3. The molecule has 0 spiro atoms. The molecule has 0 radical (unpaired) electrons. The first-order chi connectivity index (χ1) is 7.01. The van der Waals surface area contributed by atoms with E-state index in [9.17, 15) is 0 Å². The average molecular weight is 211 g/mol. The Kier molecular flexibility index (Phi) is 4.64. The highest BCUT2D eigenvalue weighted by Gasteiger charge is 2.31. The van der Waals surface area contributed by atoms with Crippen molar-refractivity contribution in [1.29, 1.82) is 0 Å². The fraction of sp³-hybridized carbons (Fsp3) is 1.00. The van der Waals surface area contributed by atoms with Crippen molar-refractivity contribution in [3.63, 3.8) is 0 Å². The monoisotopic (exact) mass is 211 g/mol. The van der Waals surface area contributed by atoms with Crippen molar-refractivity contribution in [1.82, 2.24) is 4.90 Å². The predicted molar refractivity (Wildman–Crippen MR) is 68.2 cm³/mol. The lowest BCUT2D eigenvalue weighted by Crippen LogP contribution is -2.50. The maximum absolute atomic E-state index is 2.74. The summed E-state index contributed by atoms with van der Waals surface area (Å²) in [5, 5.41) is 0. The molecule has 15 heavy (non-hydrogen) atoms. The van der Waals surface area contributed by atoms with E-state index in [1.54, 1.807) is 0 Å². The largest absolute Gasteiger partial charge is 0.296 e. The third-order valence-corrected chi connectivity index (χ3v) is 4.41. The molecule has 0 aromatic rings. The zero-order valence-electron chi connectivity index (χ0n) is 11.3. The first-order valence-corrected chi connectivity index (χ1v) is 6.78. The summed E-state index contributed by atoms with van der Waals surface area (Å²) in [7, 11) is 0. The smallest absolute Gasteiger partial charge is 0.0153 e. The van der Waals surface area contributed by atoms with Gasteiger partial charge < -0.3 is 0 Å². The van der Waals surface area contributed by atoms with E-state index in [-0.39, 0.29) is 0 Å². The van der Waals surface area contributed by atoms with Crippen LogP contribution in [0.1, 0.15) is 66.7 Å². The molecule has 1 rings (SSSR count). The van der Waals surface area contributed by atoms with Crippen molar-refractivity contribution in [3.8, 4) is 0 Å². The van der Waals surface area contributed by atoms with E-state index < -0.39 is 0 Å². The van der Waals surface area contributed by atoms with Gasteiger partial charge in [0, 0.05) is 11.6 Å². The highest BCUT2D eigenvalue weighted by molar-refractivity contribution is 4.87. The zero-order chi connectivity index (χ0) is 11.5. The molecule has 0 atom stereocenters. The van der Waals surface area contributed by atoms with Gasteiger partial charge in [0.1, 0.15) is 0 Å². The number of hydrogen-bond donors (Lipinski definition) is 0. The van der Waals surface area contributed by atoms with Crippen molar-refractivity contribution in [2.45, 2.75) is 78.3 Å². The Labute approximate surface area is 96.2 Å². The maximum atomic E-state index is 2.74. The lowest BCUT2D eigenvalue weighted by molar-refractivity contribution is 0.0444. The fourth-order valence-corrected chi connectivity index (χ4v) is 2.94. The fourth-order valence-electron chi connectivity index (χ4n) is 2.94. The van der Waals surface area contributed by atoms with Gasteiger partial charge in [0.05, 0.1) is 0 Å². The van der Waals surface area contributed by atoms with Crippen LogP contribution in [0.3, 0.4) is 0 Å². The summed E-state index contributed by atoms with van der Waals surface area (Å²) < 4.78 is 0. The molecule has 0 aromatic carbocycles. The summed E-state index contributed by atoms with van der Waals surface area (Å²) in [6, 6.07) is 0.848. The maximum Gasteiger partial charge on any atom is 0.0153 e. The third kappa shape index (κ3) is 3.21. The van der Waals surface area contributed by atoms with E-state index in [1.807, 2.05) is 0 Å². The van der Waals surface area contributed by atoms with Crippen LogP contribution in [0, 0.1) is 5.92 Å². The minimum absolute atomic E-state index is 0.389. The van der Waals surface area contributed by atoms with Gasteiger partial charge in [-0.1, -0.05) is 20.8 Å². The quantitative estimate of drug-likeness (QED) is 0.677. The molecule has 1 aliphatic carbocycles. The second-order valence-electron chi connectivity index (χ2n) is 5.87. The summed E-state index contributed by atoms with van der Waals surface area (Å²) in [5.41, 5.74) is 0.389. The van der Waals surface area contributed by atoms with Crippen molar-refractivity contribution in [3.05, 3.63) is 0 Å². The van der Waals surface area contributed by atoms with Crippen LogP contribution in [0.4, 0.5) is 0 Å². The molecule has 0 aliphatic heterocycles. The second-order valence-corrected chi connectivity index (χ2v) is 5.87. The van der Waals surface area contributed by atoms with Crippen molar-refractivity contribution >= 4 is 0 Å². The first kappa shape index (κ1) is 13.0. The molecule has 0 unspecified atom stereocenters. The van der Waals surface area contributed by atoms with Gasteiger partial charge in [-0.2, -0.15) is 0 Å². The van der Waals surface area contributed by atoms with Crippen LogP contribution in [0.15, 0.2) is 0 Å². The molecule has 0 N–H and O–H groups in total. The van der Waals surface area contributed by atoms with Crippen LogP contribution in [-0.2, 0) is 0 Å². The van der Waals surface area contributed by atoms with Gasteiger partial charge in [-0.3, -0.25) is 4.90 Å². The van der Waals surface area contributed by atoms with Gasteiger partial charge >= 0.3 is 0 Å². The van der Waals surface area contributed by atoms with Gasteiger partial charge in [0.25, 0.3) is 0 Å². The Morgan fingerprint density at radius 2 is 1.60 bits per heavy atom. The first-order valence-electron chi connectivity index (χ1n) is 6.78. The van der Waals surface area contributed by atoms with Gasteiger partial charge in [0.15, 0.2) is 0 Å². The SMILES string of the molecule is CCN(C1CCC(C)CC1)C(C)(C)CC.